The molecule has 0 radical (unpaired) electrons. The summed E-state index contributed by atoms with van der Waals surface area (Å²) in [5, 5.41) is 0. The van der Waals surface area contributed by atoms with Crippen LogP contribution in [0.15, 0.2) is 18.2 Å². The van der Waals surface area contributed by atoms with Crippen molar-refractivity contribution in [3.8, 4) is 0 Å². The molecule has 1 aromatic rings. The molecular weight excluding hydrogens is 256 g/mol. The Bertz CT molecular complexity index is 547. The standard InChI is InChI=1S/C15H20N2O3/c1-15(2,3)20-14(19)17-7-6-10-4-5-11(13(16)18)8-12(10)9-17/h4-5,8H,6-7,9H2,1-3H3,(H2,16,18). The molecule has 0 fully saturated rings. The van der Waals surface area contributed by atoms with Crippen molar-refractivity contribution in [3.63, 3.8) is 0 Å². The van der Waals surface area contributed by atoms with Gasteiger partial charge < -0.3 is 15.4 Å². The van der Waals surface area contributed by atoms with E-state index in [0.717, 1.165) is 17.5 Å². The van der Waals surface area contributed by atoms with E-state index in [0.29, 0.717) is 18.7 Å². The van der Waals surface area contributed by atoms with Crippen molar-refractivity contribution in [1.29, 1.82) is 0 Å². The van der Waals surface area contributed by atoms with E-state index in [2.05, 4.69) is 0 Å². The van der Waals surface area contributed by atoms with Gasteiger partial charge in [-0.2, -0.15) is 0 Å². The Morgan fingerprint density at radius 2 is 1.95 bits per heavy atom. The predicted octanol–water partition coefficient (Wildman–Crippen LogP) is 2.08. The molecule has 0 atom stereocenters. The van der Waals surface area contributed by atoms with E-state index in [4.69, 9.17) is 10.5 Å². The number of hydrogen-bond acceptors (Lipinski definition) is 3. The first-order valence-electron chi connectivity index (χ1n) is 6.66. The van der Waals surface area contributed by atoms with Gasteiger partial charge in [-0.1, -0.05) is 6.07 Å². The van der Waals surface area contributed by atoms with Gasteiger partial charge in [-0.05, 0) is 50.5 Å². The van der Waals surface area contributed by atoms with Gasteiger partial charge in [-0.3, -0.25) is 4.79 Å². The third-order valence-corrected chi connectivity index (χ3v) is 3.15. The molecule has 20 heavy (non-hydrogen) atoms. The number of primary amides is 1. The van der Waals surface area contributed by atoms with Crippen molar-refractivity contribution in [1.82, 2.24) is 4.90 Å². The van der Waals surface area contributed by atoms with Crippen LogP contribution >= 0.6 is 0 Å². The number of nitrogens with zero attached hydrogens (tertiary/aromatic N) is 1. The van der Waals surface area contributed by atoms with Crippen molar-refractivity contribution in [3.05, 3.63) is 34.9 Å². The van der Waals surface area contributed by atoms with Crippen LogP contribution in [-0.2, 0) is 17.7 Å². The lowest BCUT2D eigenvalue weighted by Gasteiger charge is -2.31. The molecule has 0 saturated heterocycles. The first-order valence-corrected chi connectivity index (χ1v) is 6.66. The zero-order chi connectivity index (χ0) is 14.9. The molecule has 5 heteroatoms. The van der Waals surface area contributed by atoms with Crippen molar-refractivity contribution in [2.24, 2.45) is 5.73 Å². The van der Waals surface area contributed by atoms with Crippen LogP contribution in [0.2, 0.25) is 0 Å². The number of amides is 2. The Morgan fingerprint density at radius 1 is 1.25 bits per heavy atom. The van der Waals surface area contributed by atoms with Crippen LogP contribution in [0.4, 0.5) is 4.79 Å². The van der Waals surface area contributed by atoms with Crippen LogP contribution in [0.5, 0.6) is 0 Å². The van der Waals surface area contributed by atoms with Crippen molar-refractivity contribution >= 4 is 12.0 Å². The van der Waals surface area contributed by atoms with Gasteiger partial charge in [0.05, 0.1) is 0 Å². The molecule has 108 valence electrons. The van der Waals surface area contributed by atoms with Gasteiger partial charge in [0.25, 0.3) is 0 Å². The molecule has 0 aliphatic carbocycles. The van der Waals surface area contributed by atoms with Crippen LogP contribution in [-0.4, -0.2) is 29.0 Å². The maximum atomic E-state index is 12.1. The average Bonchev–Trinajstić information content (AvgIpc) is 2.35. The highest BCUT2D eigenvalue weighted by molar-refractivity contribution is 5.93. The third-order valence-electron chi connectivity index (χ3n) is 3.15. The third kappa shape index (κ3) is 3.29. The Labute approximate surface area is 118 Å². The van der Waals surface area contributed by atoms with E-state index in [-0.39, 0.29) is 6.09 Å². The summed E-state index contributed by atoms with van der Waals surface area (Å²) in [5.74, 6) is -0.456. The molecule has 5 nitrogen and oxygen atoms in total. The van der Waals surface area contributed by atoms with Gasteiger partial charge in [0.15, 0.2) is 0 Å². The second-order valence-electron chi connectivity index (χ2n) is 6.00. The van der Waals surface area contributed by atoms with Gasteiger partial charge in [0.2, 0.25) is 5.91 Å². The summed E-state index contributed by atoms with van der Waals surface area (Å²) in [6.45, 7) is 6.60. The summed E-state index contributed by atoms with van der Waals surface area (Å²) in [7, 11) is 0. The molecule has 0 aromatic heterocycles. The zero-order valence-electron chi connectivity index (χ0n) is 12.1. The zero-order valence-corrected chi connectivity index (χ0v) is 12.1. The SMILES string of the molecule is CC(C)(C)OC(=O)N1CCc2ccc(C(N)=O)cc2C1. The van der Waals surface area contributed by atoms with E-state index in [1.807, 2.05) is 26.8 Å². The Hall–Kier alpha value is -2.04. The minimum absolute atomic E-state index is 0.326. The number of ether oxygens (including phenoxy) is 1. The molecule has 0 spiro atoms. The number of benzene rings is 1. The quantitative estimate of drug-likeness (QED) is 0.853. The van der Waals surface area contributed by atoms with E-state index in [1.165, 1.54) is 0 Å². The smallest absolute Gasteiger partial charge is 0.410 e. The fraction of sp³-hybridized carbons (Fsp3) is 0.467. The molecule has 1 heterocycles. The lowest BCUT2D eigenvalue weighted by atomic mass is 9.97. The fourth-order valence-electron chi connectivity index (χ4n) is 2.19. The van der Waals surface area contributed by atoms with Crippen LogP contribution in [0.25, 0.3) is 0 Å². The van der Waals surface area contributed by atoms with E-state index in [1.54, 1.807) is 17.0 Å². The molecule has 1 aliphatic rings. The van der Waals surface area contributed by atoms with E-state index in [9.17, 15) is 9.59 Å². The summed E-state index contributed by atoms with van der Waals surface area (Å²) < 4.78 is 5.37. The molecule has 0 bridgehead atoms. The largest absolute Gasteiger partial charge is 0.444 e. The van der Waals surface area contributed by atoms with E-state index < -0.39 is 11.5 Å². The molecule has 0 unspecified atom stereocenters. The Kier molecular flexibility index (Phi) is 3.70. The summed E-state index contributed by atoms with van der Waals surface area (Å²) >= 11 is 0. The van der Waals surface area contributed by atoms with Crippen molar-refractivity contribution in [2.45, 2.75) is 39.3 Å². The Morgan fingerprint density at radius 3 is 2.55 bits per heavy atom. The topological polar surface area (TPSA) is 72.6 Å². The van der Waals surface area contributed by atoms with Gasteiger partial charge in [-0.25, -0.2) is 4.79 Å². The molecule has 2 rings (SSSR count). The number of nitrogens with two attached hydrogens (primary N) is 1. The first kappa shape index (κ1) is 14.4. The summed E-state index contributed by atoms with van der Waals surface area (Å²) in [6.07, 6.45) is 0.431. The van der Waals surface area contributed by atoms with Crippen LogP contribution < -0.4 is 5.73 Å². The predicted molar refractivity (Wildman–Crippen MR) is 75.3 cm³/mol. The lowest BCUT2D eigenvalue weighted by molar-refractivity contribution is 0.0224. The van der Waals surface area contributed by atoms with Gasteiger partial charge in [0, 0.05) is 18.7 Å². The first-order chi connectivity index (χ1) is 9.26. The molecule has 1 aromatic carbocycles. The Balaban J connectivity index is 2.15. The number of carbonyl (C=O) groups is 2. The highest BCUT2D eigenvalue weighted by atomic mass is 16.6. The number of fused-ring (bicyclic) bond motifs is 1. The molecule has 2 N–H and O–H groups in total. The second-order valence-corrected chi connectivity index (χ2v) is 6.00. The lowest BCUT2D eigenvalue weighted by Crippen LogP contribution is -2.40. The minimum atomic E-state index is -0.508. The monoisotopic (exact) mass is 276 g/mol. The van der Waals surface area contributed by atoms with Crippen LogP contribution in [0.1, 0.15) is 42.3 Å². The highest BCUT2D eigenvalue weighted by Crippen LogP contribution is 2.22. The van der Waals surface area contributed by atoms with E-state index >= 15 is 0 Å². The number of hydrogen-bond donors (Lipinski definition) is 1. The average molecular weight is 276 g/mol. The van der Waals surface area contributed by atoms with Crippen molar-refractivity contribution in [2.75, 3.05) is 6.54 Å². The summed E-state index contributed by atoms with van der Waals surface area (Å²) in [5.41, 5.74) is 7.35. The van der Waals surface area contributed by atoms with Gasteiger partial charge in [-0.15, -0.1) is 0 Å². The van der Waals surface area contributed by atoms with Crippen LogP contribution in [0, 0.1) is 0 Å². The van der Waals surface area contributed by atoms with Crippen molar-refractivity contribution < 1.29 is 14.3 Å². The fourth-order valence-corrected chi connectivity index (χ4v) is 2.19. The van der Waals surface area contributed by atoms with Crippen LogP contribution in [0.3, 0.4) is 0 Å². The molecular formula is C15H20N2O3. The number of rotatable bonds is 1. The number of carbonyl (C=O) groups excluding carboxylic acids is 2. The molecule has 0 saturated carbocycles. The molecule has 1 aliphatic heterocycles. The highest BCUT2D eigenvalue weighted by Gasteiger charge is 2.25. The minimum Gasteiger partial charge on any atom is -0.444 e. The maximum absolute atomic E-state index is 12.1. The summed E-state index contributed by atoms with van der Waals surface area (Å²) in [4.78, 5) is 24.9. The second kappa shape index (κ2) is 5.15. The summed E-state index contributed by atoms with van der Waals surface area (Å²) in [6, 6.07) is 5.39. The maximum Gasteiger partial charge on any atom is 0.410 e. The normalized spacial score (nSPS) is 14.7. The van der Waals surface area contributed by atoms with Gasteiger partial charge >= 0.3 is 6.09 Å². The molecule has 2 amide bonds. The van der Waals surface area contributed by atoms with Gasteiger partial charge in [0.1, 0.15) is 5.60 Å².